The molecular formula is C15H19NO5. The first-order chi connectivity index (χ1) is 10.0. The van der Waals surface area contributed by atoms with Gasteiger partial charge in [-0.1, -0.05) is 6.07 Å². The first kappa shape index (κ1) is 15.2. The van der Waals surface area contributed by atoms with Crippen molar-refractivity contribution < 1.29 is 24.2 Å². The maximum absolute atomic E-state index is 12.2. The van der Waals surface area contributed by atoms with Gasteiger partial charge in [0.15, 0.2) is 11.5 Å². The van der Waals surface area contributed by atoms with Crippen LogP contribution in [0.15, 0.2) is 18.2 Å². The van der Waals surface area contributed by atoms with Gasteiger partial charge in [0.2, 0.25) is 5.91 Å². The Morgan fingerprint density at radius 1 is 1.29 bits per heavy atom. The van der Waals surface area contributed by atoms with E-state index in [0.29, 0.717) is 31.0 Å². The number of methoxy groups -OCH3 is 2. The monoisotopic (exact) mass is 293 g/mol. The first-order valence-corrected chi connectivity index (χ1v) is 6.76. The molecule has 21 heavy (non-hydrogen) atoms. The molecule has 1 saturated heterocycles. The summed E-state index contributed by atoms with van der Waals surface area (Å²) in [5.41, 5.74) is 0.816. The smallest absolute Gasteiger partial charge is 0.308 e. The second kappa shape index (κ2) is 6.47. The second-order valence-electron chi connectivity index (χ2n) is 5.03. The van der Waals surface area contributed by atoms with Crippen molar-refractivity contribution in [1.82, 2.24) is 4.90 Å². The molecule has 1 aromatic rings. The second-order valence-corrected chi connectivity index (χ2v) is 5.03. The maximum atomic E-state index is 12.2. The number of ether oxygens (including phenoxy) is 2. The molecule has 1 heterocycles. The van der Waals surface area contributed by atoms with Gasteiger partial charge in [0.1, 0.15) is 0 Å². The molecule has 1 fully saturated rings. The van der Waals surface area contributed by atoms with Crippen molar-refractivity contribution in [3.05, 3.63) is 23.8 Å². The van der Waals surface area contributed by atoms with Crippen molar-refractivity contribution in [3.63, 3.8) is 0 Å². The lowest BCUT2D eigenvalue weighted by atomic mass is 10.1. The average Bonchev–Trinajstić information content (AvgIpc) is 2.97. The topological polar surface area (TPSA) is 76.1 Å². The zero-order chi connectivity index (χ0) is 15.4. The Morgan fingerprint density at radius 2 is 2.00 bits per heavy atom. The Balaban J connectivity index is 2.02. The molecule has 0 saturated carbocycles. The highest BCUT2D eigenvalue weighted by Crippen LogP contribution is 2.28. The van der Waals surface area contributed by atoms with Crippen molar-refractivity contribution in [2.75, 3.05) is 27.3 Å². The Labute approximate surface area is 123 Å². The number of amides is 1. The number of hydrogen-bond acceptors (Lipinski definition) is 4. The minimum absolute atomic E-state index is 0.0639. The Bertz CT molecular complexity index is 543. The largest absolute Gasteiger partial charge is 0.493 e. The predicted molar refractivity (Wildman–Crippen MR) is 75.6 cm³/mol. The highest BCUT2D eigenvalue weighted by atomic mass is 16.5. The lowest BCUT2D eigenvalue weighted by molar-refractivity contribution is -0.141. The van der Waals surface area contributed by atoms with E-state index in [9.17, 15) is 9.59 Å². The fourth-order valence-electron chi connectivity index (χ4n) is 2.47. The highest BCUT2D eigenvalue weighted by Gasteiger charge is 2.30. The van der Waals surface area contributed by atoms with Crippen LogP contribution in [0.2, 0.25) is 0 Å². The predicted octanol–water partition coefficient (Wildman–Crippen LogP) is 1.18. The van der Waals surface area contributed by atoms with E-state index in [-0.39, 0.29) is 12.3 Å². The van der Waals surface area contributed by atoms with Crippen LogP contribution >= 0.6 is 0 Å². The van der Waals surface area contributed by atoms with E-state index in [1.54, 1.807) is 31.3 Å². The van der Waals surface area contributed by atoms with Crippen molar-refractivity contribution in [3.8, 4) is 11.5 Å². The molecule has 1 amide bonds. The standard InChI is InChI=1S/C15H19NO5/c1-20-12-4-3-10(7-13(12)21-2)8-14(17)16-6-5-11(9-16)15(18)19/h3-4,7,11H,5-6,8-9H2,1-2H3,(H,18,19). The third-order valence-electron chi connectivity index (χ3n) is 3.69. The summed E-state index contributed by atoms with van der Waals surface area (Å²) >= 11 is 0. The van der Waals surface area contributed by atoms with E-state index < -0.39 is 11.9 Å². The zero-order valence-electron chi connectivity index (χ0n) is 12.2. The summed E-state index contributed by atoms with van der Waals surface area (Å²) in [6.45, 7) is 0.796. The Morgan fingerprint density at radius 3 is 2.57 bits per heavy atom. The molecule has 2 rings (SSSR count). The minimum Gasteiger partial charge on any atom is -0.493 e. The third kappa shape index (κ3) is 3.45. The van der Waals surface area contributed by atoms with E-state index in [2.05, 4.69) is 0 Å². The van der Waals surface area contributed by atoms with E-state index in [0.717, 1.165) is 5.56 Å². The van der Waals surface area contributed by atoms with Crippen LogP contribution < -0.4 is 9.47 Å². The molecule has 0 spiro atoms. The maximum Gasteiger partial charge on any atom is 0.308 e. The number of carboxylic acid groups (broad SMARTS) is 1. The molecule has 1 aliphatic rings. The molecule has 1 atom stereocenters. The van der Waals surface area contributed by atoms with Gasteiger partial charge in [0.05, 0.1) is 26.6 Å². The van der Waals surface area contributed by atoms with Gasteiger partial charge >= 0.3 is 5.97 Å². The Hall–Kier alpha value is -2.24. The first-order valence-electron chi connectivity index (χ1n) is 6.76. The number of likely N-dealkylation sites (tertiary alicyclic amines) is 1. The highest BCUT2D eigenvalue weighted by molar-refractivity contribution is 5.81. The summed E-state index contributed by atoms with van der Waals surface area (Å²) in [6, 6.07) is 5.33. The van der Waals surface area contributed by atoms with Crippen LogP contribution in [0, 0.1) is 5.92 Å². The summed E-state index contributed by atoms with van der Waals surface area (Å²) in [4.78, 5) is 24.7. The lowest BCUT2D eigenvalue weighted by Crippen LogP contribution is -2.31. The van der Waals surface area contributed by atoms with Crippen LogP contribution in [0.3, 0.4) is 0 Å². The van der Waals surface area contributed by atoms with Gasteiger partial charge in [-0.25, -0.2) is 0 Å². The molecule has 1 N–H and O–H groups in total. The SMILES string of the molecule is COc1ccc(CC(=O)N2CCC(C(=O)O)C2)cc1OC. The Kier molecular flexibility index (Phi) is 4.67. The molecule has 1 unspecified atom stereocenters. The van der Waals surface area contributed by atoms with Crippen molar-refractivity contribution >= 4 is 11.9 Å². The molecular weight excluding hydrogens is 274 g/mol. The van der Waals surface area contributed by atoms with E-state index in [1.165, 1.54) is 0 Å². The quantitative estimate of drug-likeness (QED) is 0.882. The zero-order valence-corrected chi connectivity index (χ0v) is 12.2. The van der Waals surface area contributed by atoms with Crippen LogP contribution in [-0.4, -0.2) is 49.2 Å². The van der Waals surface area contributed by atoms with Gasteiger partial charge in [-0.15, -0.1) is 0 Å². The van der Waals surface area contributed by atoms with Crippen LogP contribution in [0.1, 0.15) is 12.0 Å². The van der Waals surface area contributed by atoms with Crippen LogP contribution in [0.5, 0.6) is 11.5 Å². The molecule has 0 bridgehead atoms. The summed E-state index contributed by atoms with van der Waals surface area (Å²) in [6.07, 6.45) is 0.750. The number of rotatable bonds is 5. The van der Waals surface area contributed by atoms with Gasteiger partial charge in [-0.3, -0.25) is 9.59 Å². The van der Waals surface area contributed by atoms with Crippen LogP contribution in [0.4, 0.5) is 0 Å². The molecule has 0 aliphatic carbocycles. The summed E-state index contributed by atoms with van der Waals surface area (Å²) in [5.74, 6) is -0.157. The fourth-order valence-corrected chi connectivity index (χ4v) is 2.47. The van der Waals surface area contributed by atoms with Gasteiger partial charge in [0.25, 0.3) is 0 Å². The number of hydrogen-bond donors (Lipinski definition) is 1. The molecule has 114 valence electrons. The molecule has 1 aliphatic heterocycles. The summed E-state index contributed by atoms with van der Waals surface area (Å²) in [7, 11) is 3.10. The van der Waals surface area contributed by atoms with Gasteiger partial charge in [-0.2, -0.15) is 0 Å². The lowest BCUT2D eigenvalue weighted by Gasteiger charge is -2.16. The van der Waals surface area contributed by atoms with Crippen molar-refractivity contribution in [1.29, 1.82) is 0 Å². The minimum atomic E-state index is -0.837. The van der Waals surface area contributed by atoms with Crippen LogP contribution in [-0.2, 0) is 16.0 Å². The van der Waals surface area contributed by atoms with E-state index >= 15 is 0 Å². The number of carboxylic acids is 1. The number of aliphatic carboxylic acids is 1. The fraction of sp³-hybridized carbons (Fsp3) is 0.467. The number of nitrogens with zero attached hydrogens (tertiary/aromatic N) is 1. The van der Waals surface area contributed by atoms with Crippen molar-refractivity contribution in [2.24, 2.45) is 5.92 Å². The molecule has 0 radical (unpaired) electrons. The summed E-state index contributed by atoms with van der Waals surface area (Å²) in [5, 5.41) is 8.96. The average molecular weight is 293 g/mol. The van der Waals surface area contributed by atoms with E-state index in [1.807, 2.05) is 6.07 Å². The van der Waals surface area contributed by atoms with E-state index in [4.69, 9.17) is 14.6 Å². The van der Waals surface area contributed by atoms with Gasteiger partial charge in [0, 0.05) is 13.1 Å². The third-order valence-corrected chi connectivity index (χ3v) is 3.69. The number of benzene rings is 1. The van der Waals surface area contributed by atoms with Gasteiger partial charge in [-0.05, 0) is 24.1 Å². The molecule has 6 heteroatoms. The molecule has 1 aromatic carbocycles. The normalized spacial score (nSPS) is 17.6. The van der Waals surface area contributed by atoms with Gasteiger partial charge < -0.3 is 19.5 Å². The molecule has 0 aromatic heterocycles. The number of carbonyl (C=O) groups excluding carboxylic acids is 1. The summed E-state index contributed by atoms with van der Waals surface area (Å²) < 4.78 is 10.4. The van der Waals surface area contributed by atoms with Crippen LogP contribution in [0.25, 0.3) is 0 Å². The molecule has 6 nitrogen and oxygen atoms in total. The number of carbonyl (C=O) groups is 2. The van der Waals surface area contributed by atoms with Crippen molar-refractivity contribution in [2.45, 2.75) is 12.8 Å².